The summed E-state index contributed by atoms with van der Waals surface area (Å²) in [5, 5.41) is 14.8. The number of nitrogens with two attached hydrogens (primary N) is 1. The smallest absolute Gasteiger partial charge is 0.102 e. The molecule has 1 heterocycles. The molecule has 0 atom stereocenters. The highest BCUT2D eigenvalue weighted by Gasteiger charge is 2.19. The highest BCUT2D eigenvalue weighted by Crippen LogP contribution is 2.29. The maximum atomic E-state index is 9.53. The van der Waals surface area contributed by atoms with Crippen LogP contribution in [-0.2, 0) is 19.7 Å². The molecule has 0 radical (unpaired) electrons. The molecule has 17 heavy (non-hydrogen) atoms. The van der Waals surface area contributed by atoms with Gasteiger partial charge in [-0.25, -0.2) is 0 Å². The van der Waals surface area contributed by atoms with Gasteiger partial charge in [-0.05, 0) is 34.5 Å². The van der Waals surface area contributed by atoms with Crippen LogP contribution in [-0.4, -0.2) is 5.11 Å². The summed E-state index contributed by atoms with van der Waals surface area (Å²) in [5.41, 5.74) is 3.68. The van der Waals surface area contributed by atoms with Crippen molar-refractivity contribution in [2.24, 2.45) is 0 Å². The Kier molecular flexibility index (Phi) is 3.59. The molecule has 0 bridgehead atoms. The van der Waals surface area contributed by atoms with Gasteiger partial charge in [0.15, 0.2) is 0 Å². The van der Waals surface area contributed by atoms with Gasteiger partial charge in [0.1, 0.15) is 13.1 Å². The molecule has 2 aromatic rings. The average molecular weight is 270 g/mol. The lowest BCUT2D eigenvalue weighted by molar-refractivity contribution is -0.676. The summed E-state index contributed by atoms with van der Waals surface area (Å²) in [4.78, 5) is 0. The van der Waals surface area contributed by atoms with Crippen molar-refractivity contribution in [1.29, 1.82) is 0 Å². The standard InChI is InChI=1S/C13H12ClNO.ClH/c14-10-2-1-8-3-9-5-15-6-12(9)13(7-16)11(8)4-10;/h1-4,15-16H,5-7H2;1H. The Morgan fingerprint density at radius 3 is 2.82 bits per heavy atom. The maximum Gasteiger partial charge on any atom is 0.102 e. The first kappa shape index (κ1) is 12.7. The van der Waals surface area contributed by atoms with Crippen LogP contribution in [0.15, 0.2) is 24.3 Å². The van der Waals surface area contributed by atoms with Crippen LogP contribution in [0.25, 0.3) is 10.8 Å². The molecular weight excluding hydrogens is 257 g/mol. The van der Waals surface area contributed by atoms with Crippen LogP contribution >= 0.6 is 11.6 Å². The van der Waals surface area contributed by atoms with Crippen molar-refractivity contribution in [1.82, 2.24) is 0 Å². The molecule has 90 valence electrons. The molecule has 0 saturated carbocycles. The molecule has 0 spiro atoms. The zero-order valence-corrected chi connectivity index (χ0v) is 10.7. The van der Waals surface area contributed by atoms with E-state index in [1.807, 2.05) is 18.2 Å². The Hall–Kier alpha value is -0.800. The molecule has 2 aromatic carbocycles. The Morgan fingerprint density at radius 2 is 2.06 bits per heavy atom. The Labute approximate surface area is 111 Å². The highest BCUT2D eigenvalue weighted by molar-refractivity contribution is 6.31. The highest BCUT2D eigenvalue weighted by atomic mass is 35.5. The predicted molar refractivity (Wildman–Crippen MR) is 64.2 cm³/mol. The van der Waals surface area contributed by atoms with Crippen molar-refractivity contribution < 1.29 is 22.8 Å². The number of benzene rings is 2. The molecule has 3 rings (SSSR count). The fourth-order valence-corrected chi connectivity index (χ4v) is 2.71. The van der Waals surface area contributed by atoms with Crippen LogP contribution in [0.3, 0.4) is 0 Å². The average Bonchev–Trinajstić information content (AvgIpc) is 2.73. The van der Waals surface area contributed by atoms with Gasteiger partial charge in [0.2, 0.25) is 0 Å². The number of halogens is 2. The zero-order valence-electron chi connectivity index (χ0n) is 9.21. The molecule has 0 aromatic heterocycles. The van der Waals surface area contributed by atoms with Crippen LogP contribution in [0.2, 0.25) is 5.02 Å². The van der Waals surface area contributed by atoms with E-state index >= 15 is 0 Å². The Bertz CT molecular complexity index is 569. The summed E-state index contributed by atoms with van der Waals surface area (Å²) >= 11 is 6.01. The molecule has 0 unspecified atom stereocenters. The van der Waals surface area contributed by atoms with Crippen molar-refractivity contribution in [3.05, 3.63) is 46.0 Å². The van der Waals surface area contributed by atoms with Crippen LogP contribution < -0.4 is 17.7 Å². The van der Waals surface area contributed by atoms with E-state index in [-0.39, 0.29) is 19.0 Å². The summed E-state index contributed by atoms with van der Waals surface area (Å²) in [6.45, 7) is 2.07. The van der Waals surface area contributed by atoms with Gasteiger partial charge in [-0.3, -0.25) is 0 Å². The van der Waals surface area contributed by atoms with Crippen molar-refractivity contribution in [3.63, 3.8) is 0 Å². The van der Waals surface area contributed by atoms with Gasteiger partial charge in [0.25, 0.3) is 0 Å². The van der Waals surface area contributed by atoms with E-state index in [1.54, 1.807) is 0 Å². The molecule has 0 amide bonds. The monoisotopic (exact) mass is 269 g/mol. The van der Waals surface area contributed by atoms with Crippen molar-refractivity contribution in [3.8, 4) is 0 Å². The first-order valence-corrected chi connectivity index (χ1v) is 5.83. The van der Waals surface area contributed by atoms with Crippen molar-refractivity contribution in [2.45, 2.75) is 19.7 Å². The second-order valence-electron chi connectivity index (χ2n) is 4.21. The van der Waals surface area contributed by atoms with E-state index in [0.29, 0.717) is 0 Å². The van der Waals surface area contributed by atoms with Crippen LogP contribution in [0.4, 0.5) is 0 Å². The number of hydrogen-bond donors (Lipinski definition) is 2. The van der Waals surface area contributed by atoms with Gasteiger partial charge in [-0.1, -0.05) is 17.7 Å². The van der Waals surface area contributed by atoms with Crippen molar-refractivity contribution >= 4 is 22.4 Å². The second kappa shape index (κ2) is 4.83. The van der Waals surface area contributed by atoms with Gasteiger partial charge in [-0.2, -0.15) is 0 Å². The topological polar surface area (TPSA) is 36.8 Å². The van der Waals surface area contributed by atoms with Gasteiger partial charge in [0.05, 0.1) is 6.61 Å². The maximum absolute atomic E-state index is 9.53. The fraction of sp³-hybridized carbons (Fsp3) is 0.231. The molecule has 4 heteroatoms. The Morgan fingerprint density at radius 1 is 1.24 bits per heavy atom. The molecule has 1 aliphatic rings. The third-order valence-corrected chi connectivity index (χ3v) is 3.53. The summed E-state index contributed by atoms with van der Waals surface area (Å²) < 4.78 is 0. The number of quaternary nitrogens is 1. The molecule has 3 N–H and O–H groups in total. The van der Waals surface area contributed by atoms with Gasteiger partial charge < -0.3 is 22.8 Å². The van der Waals surface area contributed by atoms with Gasteiger partial charge >= 0.3 is 0 Å². The van der Waals surface area contributed by atoms with E-state index in [2.05, 4.69) is 11.4 Å². The normalized spacial score (nSPS) is 13.5. The van der Waals surface area contributed by atoms with Crippen molar-refractivity contribution in [2.75, 3.05) is 0 Å². The first-order chi connectivity index (χ1) is 7.79. The van der Waals surface area contributed by atoms with Crippen LogP contribution in [0, 0.1) is 0 Å². The first-order valence-electron chi connectivity index (χ1n) is 5.45. The minimum Gasteiger partial charge on any atom is -1.00 e. The molecule has 2 nitrogen and oxygen atoms in total. The summed E-state index contributed by atoms with van der Waals surface area (Å²) in [5.74, 6) is 0. The fourth-order valence-electron chi connectivity index (χ4n) is 2.54. The van der Waals surface area contributed by atoms with E-state index in [1.165, 1.54) is 16.5 Å². The summed E-state index contributed by atoms with van der Waals surface area (Å²) in [6.07, 6.45) is 0. The zero-order chi connectivity index (χ0) is 11.1. The Balaban J connectivity index is 0.00000108. The van der Waals surface area contributed by atoms with Crippen LogP contribution in [0.5, 0.6) is 0 Å². The number of hydrogen-bond acceptors (Lipinski definition) is 1. The molecule has 0 aliphatic carbocycles. The molecule has 0 saturated heterocycles. The molecular formula is C13H13Cl2NO. The summed E-state index contributed by atoms with van der Waals surface area (Å²) in [7, 11) is 0. The van der Waals surface area contributed by atoms with E-state index < -0.39 is 0 Å². The minimum absolute atomic E-state index is 0. The number of aliphatic hydroxyl groups is 1. The predicted octanol–water partition coefficient (Wildman–Crippen LogP) is -1.43. The third kappa shape index (κ3) is 2.02. The second-order valence-corrected chi connectivity index (χ2v) is 4.65. The van der Waals surface area contributed by atoms with Gasteiger partial charge in [0, 0.05) is 16.1 Å². The number of rotatable bonds is 1. The lowest BCUT2D eigenvalue weighted by atomic mass is 9.96. The SMILES string of the molecule is OCc1c2c(cc3ccc(Cl)cc13)C[NH2+]C2.[Cl-]. The van der Waals surface area contributed by atoms with Crippen LogP contribution in [0.1, 0.15) is 16.7 Å². The number of aliphatic hydroxyl groups excluding tert-OH is 1. The summed E-state index contributed by atoms with van der Waals surface area (Å²) in [6, 6.07) is 8.08. The molecule has 1 aliphatic heterocycles. The van der Waals surface area contributed by atoms with E-state index in [4.69, 9.17) is 11.6 Å². The number of fused-ring (bicyclic) bond motifs is 2. The third-order valence-electron chi connectivity index (χ3n) is 3.29. The minimum atomic E-state index is 0. The van der Waals surface area contributed by atoms with E-state index in [9.17, 15) is 5.11 Å². The van der Waals surface area contributed by atoms with Gasteiger partial charge in [-0.15, -0.1) is 0 Å². The largest absolute Gasteiger partial charge is 1.00 e. The lowest BCUT2D eigenvalue weighted by Gasteiger charge is -2.09. The quantitative estimate of drug-likeness (QED) is 0.655. The van der Waals surface area contributed by atoms with E-state index in [0.717, 1.165) is 29.1 Å². The lowest BCUT2D eigenvalue weighted by Crippen LogP contribution is -3.00. The molecule has 0 fully saturated rings.